The van der Waals surface area contributed by atoms with Crippen LogP contribution in [0.15, 0.2) is 40.8 Å². The highest BCUT2D eigenvalue weighted by Crippen LogP contribution is 2.38. The maximum absolute atomic E-state index is 12.5. The van der Waals surface area contributed by atoms with Crippen molar-refractivity contribution in [1.29, 1.82) is 0 Å². The van der Waals surface area contributed by atoms with E-state index in [0.29, 0.717) is 47.6 Å². The molecule has 3 aromatic rings. The Balaban J connectivity index is 1.62. The molecule has 152 valence electrons. The second kappa shape index (κ2) is 9.09. The zero-order valence-corrected chi connectivity index (χ0v) is 16.8. The summed E-state index contributed by atoms with van der Waals surface area (Å²) in [4.78, 5) is 12.5. The van der Waals surface area contributed by atoms with Crippen molar-refractivity contribution < 1.29 is 23.4 Å². The summed E-state index contributed by atoms with van der Waals surface area (Å²) in [6, 6.07) is 11.0. The average Bonchev–Trinajstić information content (AvgIpc) is 3.21. The van der Waals surface area contributed by atoms with Crippen LogP contribution in [0.2, 0.25) is 0 Å². The number of nitrogens with zero attached hydrogens (tertiary/aromatic N) is 2. The Morgan fingerprint density at radius 2 is 1.66 bits per heavy atom. The van der Waals surface area contributed by atoms with Gasteiger partial charge in [0.05, 0.1) is 21.3 Å². The van der Waals surface area contributed by atoms with Gasteiger partial charge in [-0.25, -0.2) is 0 Å². The first-order valence-electron chi connectivity index (χ1n) is 9.03. The van der Waals surface area contributed by atoms with Crippen LogP contribution >= 0.6 is 0 Å². The summed E-state index contributed by atoms with van der Waals surface area (Å²) in [7, 11) is 4.51. The van der Waals surface area contributed by atoms with E-state index in [1.54, 1.807) is 12.1 Å². The quantitative estimate of drug-likeness (QED) is 0.624. The molecule has 2 aromatic carbocycles. The van der Waals surface area contributed by atoms with Gasteiger partial charge in [-0.1, -0.05) is 17.7 Å². The van der Waals surface area contributed by atoms with E-state index >= 15 is 0 Å². The maximum atomic E-state index is 12.5. The van der Waals surface area contributed by atoms with E-state index in [1.807, 2.05) is 31.2 Å². The minimum absolute atomic E-state index is 0.275. The number of nitrogens with one attached hydrogen (secondary N) is 1. The number of ether oxygens (including phenoxy) is 3. The molecule has 0 aliphatic heterocycles. The lowest BCUT2D eigenvalue weighted by Gasteiger charge is -2.14. The molecule has 8 nitrogen and oxygen atoms in total. The highest BCUT2D eigenvalue weighted by atomic mass is 16.5. The third-order valence-electron chi connectivity index (χ3n) is 4.32. The molecule has 1 heterocycles. The SMILES string of the molecule is COc1cc(C(=O)NCCc2nnc(-c3ccc(C)cc3)o2)cc(OC)c1OC. The number of hydrogen-bond donors (Lipinski definition) is 1. The largest absolute Gasteiger partial charge is 0.493 e. The minimum atomic E-state index is -0.275. The molecule has 0 aliphatic rings. The molecule has 29 heavy (non-hydrogen) atoms. The second-order valence-electron chi connectivity index (χ2n) is 6.29. The van der Waals surface area contributed by atoms with Crippen molar-refractivity contribution in [3.05, 3.63) is 53.4 Å². The molecule has 0 bridgehead atoms. The van der Waals surface area contributed by atoms with Crippen LogP contribution in [0.3, 0.4) is 0 Å². The molecule has 1 amide bonds. The second-order valence-corrected chi connectivity index (χ2v) is 6.29. The van der Waals surface area contributed by atoms with Crippen molar-refractivity contribution >= 4 is 5.91 Å². The Morgan fingerprint density at radius 3 is 2.24 bits per heavy atom. The summed E-state index contributed by atoms with van der Waals surface area (Å²) in [5, 5.41) is 10.9. The van der Waals surface area contributed by atoms with Crippen molar-refractivity contribution in [2.75, 3.05) is 27.9 Å². The maximum Gasteiger partial charge on any atom is 0.251 e. The van der Waals surface area contributed by atoms with Gasteiger partial charge >= 0.3 is 0 Å². The molecule has 0 fully saturated rings. The first kappa shape index (κ1) is 20.2. The normalized spacial score (nSPS) is 10.5. The number of rotatable bonds is 8. The first-order chi connectivity index (χ1) is 14.0. The third-order valence-corrected chi connectivity index (χ3v) is 4.32. The third kappa shape index (κ3) is 4.66. The van der Waals surface area contributed by atoms with Crippen molar-refractivity contribution in [3.63, 3.8) is 0 Å². The smallest absolute Gasteiger partial charge is 0.251 e. The van der Waals surface area contributed by atoms with E-state index in [4.69, 9.17) is 18.6 Å². The van der Waals surface area contributed by atoms with Gasteiger partial charge in [-0.3, -0.25) is 4.79 Å². The van der Waals surface area contributed by atoms with Gasteiger partial charge in [-0.05, 0) is 31.2 Å². The van der Waals surface area contributed by atoms with Gasteiger partial charge in [0.1, 0.15) is 0 Å². The fourth-order valence-corrected chi connectivity index (χ4v) is 2.76. The van der Waals surface area contributed by atoms with Crippen molar-refractivity contribution in [3.8, 4) is 28.7 Å². The lowest BCUT2D eigenvalue weighted by molar-refractivity contribution is 0.0952. The van der Waals surface area contributed by atoms with Crippen molar-refractivity contribution in [2.24, 2.45) is 0 Å². The van der Waals surface area contributed by atoms with E-state index < -0.39 is 0 Å². The van der Waals surface area contributed by atoms with Crippen LogP contribution in [-0.4, -0.2) is 44.0 Å². The molecule has 0 unspecified atom stereocenters. The summed E-state index contributed by atoms with van der Waals surface area (Å²) >= 11 is 0. The standard InChI is InChI=1S/C21H23N3O5/c1-13-5-7-14(8-6-13)21-24-23-18(29-21)9-10-22-20(25)15-11-16(26-2)19(28-4)17(12-15)27-3/h5-8,11-12H,9-10H2,1-4H3,(H,22,25). The molecule has 1 aromatic heterocycles. The molecular weight excluding hydrogens is 374 g/mol. The van der Waals surface area contributed by atoms with Crippen LogP contribution in [-0.2, 0) is 6.42 Å². The molecule has 3 rings (SSSR count). The molecule has 8 heteroatoms. The predicted molar refractivity (Wildman–Crippen MR) is 107 cm³/mol. The number of aryl methyl sites for hydroxylation is 1. The molecule has 1 N–H and O–H groups in total. The Hall–Kier alpha value is -3.55. The minimum Gasteiger partial charge on any atom is -0.493 e. The molecular formula is C21H23N3O5. The van der Waals surface area contributed by atoms with E-state index in [1.165, 1.54) is 21.3 Å². The fraction of sp³-hybridized carbons (Fsp3) is 0.286. The van der Waals surface area contributed by atoms with Gasteiger partial charge in [0.2, 0.25) is 17.5 Å². The van der Waals surface area contributed by atoms with Crippen LogP contribution in [0, 0.1) is 6.92 Å². The molecule has 0 spiro atoms. The van der Waals surface area contributed by atoms with Gasteiger partial charge in [0, 0.05) is 24.1 Å². The Labute approximate surface area is 168 Å². The fourth-order valence-electron chi connectivity index (χ4n) is 2.76. The predicted octanol–water partition coefficient (Wildman–Crippen LogP) is 3.04. The van der Waals surface area contributed by atoms with E-state index in [2.05, 4.69) is 15.5 Å². The van der Waals surface area contributed by atoms with Crippen LogP contribution < -0.4 is 19.5 Å². The lowest BCUT2D eigenvalue weighted by Crippen LogP contribution is -2.25. The van der Waals surface area contributed by atoms with Crippen LogP contribution in [0.5, 0.6) is 17.2 Å². The Bertz CT molecular complexity index is 957. The number of carbonyl (C=O) groups is 1. The zero-order valence-electron chi connectivity index (χ0n) is 16.8. The van der Waals surface area contributed by atoms with Gasteiger partial charge in [-0.2, -0.15) is 0 Å². The molecule has 0 atom stereocenters. The highest BCUT2D eigenvalue weighted by molar-refractivity contribution is 5.95. The van der Waals surface area contributed by atoms with E-state index in [0.717, 1.165) is 11.1 Å². The summed E-state index contributed by atoms with van der Waals surface area (Å²) in [6.07, 6.45) is 0.412. The Kier molecular flexibility index (Phi) is 6.33. The molecule has 0 saturated carbocycles. The topological polar surface area (TPSA) is 95.7 Å². The number of aromatic nitrogens is 2. The van der Waals surface area contributed by atoms with Crippen LogP contribution in [0.1, 0.15) is 21.8 Å². The van der Waals surface area contributed by atoms with Crippen molar-refractivity contribution in [1.82, 2.24) is 15.5 Å². The number of carbonyl (C=O) groups excluding carboxylic acids is 1. The lowest BCUT2D eigenvalue weighted by atomic mass is 10.1. The molecule has 0 saturated heterocycles. The number of methoxy groups -OCH3 is 3. The molecule has 0 radical (unpaired) electrons. The number of amides is 1. The summed E-state index contributed by atoms with van der Waals surface area (Å²) < 4.78 is 21.5. The summed E-state index contributed by atoms with van der Waals surface area (Å²) in [5.74, 6) is 1.89. The highest BCUT2D eigenvalue weighted by Gasteiger charge is 2.17. The number of benzene rings is 2. The monoisotopic (exact) mass is 397 g/mol. The van der Waals surface area contributed by atoms with Gasteiger partial charge in [0.25, 0.3) is 5.91 Å². The van der Waals surface area contributed by atoms with E-state index in [9.17, 15) is 4.79 Å². The molecule has 0 aliphatic carbocycles. The van der Waals surface area contributed by atoms with Gasteiger partial charge < -0.3 is 23.9 Å². The number of hydrogen-bond acceptors (Lipinski definition) is 7. The van der Waals surface area contributed by atoms with Crippen LogP contribution in [0.4, 0.5) is 0 Å². The van der Waals surface area contributed by atoms with Crippen LogP contribution in [0.25, 0.3) is 11.5 Å². The van der Waals surface area contributed by atoms with Gasteiger partial charge in [0.15, 0.2) is 11.5 Å². The first-order valence-corrected chi connectivity index (χ1v) is 9.03. The van der Waals surface area contributed by atoms with E-state index in [-0.39, 0.29) is 5.91 Å². The summed E-state index contributed by atoms with van der Waals surface area (Å²) in [6.45, 7) is 2.35. The zero-order chi connectivity index (χ0) is 20.8. The van der Waals surface area contributed by atoms with Gasteiger partial charge in [-0.15, -0.1) is 10.2 Å². The Morgan fingerprint density at radius 1 is 1.00 bits per heavy atom. The van der Waals surface area contributed by atoms with Crippen molar-refractivity contribution in [2.45, 2.75) is 13.3 Å². The summed E-state index contributed by atoms with van der Waals surface area (Å²) in [5.41, 5.74) is 2.41. The average molecular weight is 397 g/mol.